The zero-order valence-electron chi connectivity index (χ0n) is 12.4. The summed E-state index contributed by atoms with van der Waals surface area (Å²) in [6.07, 6.45) is 2.20. The van der Waals surface area contributed by atoms with Crippen LogP contribution < -0.4 is 5.56 Å². The van der Waals surface area contributed by atoms with Crippen molar-refractivity contribution >= 4 is 10.9 Å². The molecule has 108 valence electrons. The number of rotatable bonds is 5. The average molecular weight is 274 g/mol. The van der Waals surface area contributed by atoms with Crippen molar-refractivity contribution in [2.75, 3.05) is 13.6 Å². The van der Waals surface area contributed by atoms with Gasteiger partial charge in [0, 0.05) is 11.9 Å². The van der Waals surface area contributed by atoms with E-state index in [1.165, 1.54) is 0 Å². The number of unbranched alkanes of at least 4 members (excludes halogenated alkanes) is 1. The maximum Gasteiger partial charge on any atom is 0.256 e. The first-order valence-electron chi connectivity index (χ1n) is 7.06. The Morgan fingerprint density at radius 2 is 2.10 bits per heavy atom. The van der Waals surface area contributed by atoms with Crippen LogP contribution in [0, 0.1) is 6.92 Å². The minimum absolute atomic E-state index is 0.107. The minimum Gasteiger partial charge on any atom is -0.507 e. The van der Waals surface area contributed by atoms with Crippen LogP contribution in [0.4, 0.5) is 0 Å². The van der Waals surface area contributed by atoms with Gasteiger partial charge in [-0.2, -0.15) is 0 Å². The highest BCUT2D eigenvalue weighted by Crippen LogP contribution is 2.26. The average Bonchev–Trinajstić information content (AvgIpc) is 2.42. The fourth-order valence-electron chi connectivity index (χ4n) is 2.35. The van der Waals surface area contributed by atoms with Gasteiger partial charge in [0.05, 0.1) is 11.1 Å². The van der Waals surface area contributed by atoms with Crippen LogP contribution in [-0.2, 0) is 6.54 Å². The Labute approximate surface area is 119 Å². The van der Waals surface area contributed by atoms with Gasteiger partial charge in [-0.05, 0) is 39.1 Å². The van der Waals surface area contributed by atoms with Gasteiger partial charge in [-0.25, -0.2) is 0 Å². The number of aryl methyl sites for hydroxylation is 1. The molecular formula is C16H22N2O2. The van der Waals surface area contributed by atoms with Gasteiger partial charge in [0.1, 0.15) is 5.75 Å². The lowest BCUT2D eigenvalue weighted by Crippen LogP contribution is -2.24. The molecule has 1 heterocycles. The first-order chi connectivity index (χ1) is 9.52. The Morgan fingerprint density at radius 1 is 1.35 bits per heavy atom. The number of benzene rings is 1. The zero-order chi connectivity index (χ0) is 14.7. The summed E-state index contributed by atoms with van der Waals surface area (Å²) in [5.41, 5.74) is 1.98. The van der Waals surface area contributed by atoms with E-state index in [1.807, 2.05) is 32.2 Å². The smallest absolute Gasteiger partial charge is 0.256 e. The number of hydrogen-bond donors (Lipinski definition) is 2. The first kappa shape index (κ1) is 14.6. The van der Waals surface area contributed by atoms with Crippen molar-refractivity contribution in [3.63, 3.8) is 0 Å². The molecule has 0 aliphatic rings. The van der Waals surface area contributed by atoms with Crippen molar-refractivity contribution in [2.45, 2.75) is 33.2 Å². The molecular weight excluding hydrogens is 252 g/mol. The molecule has 0 saturated heterocycles. The van der Waals surface area contributed by atoms with Gasteiger partial charge in [-0.15, -0.1) is 0 Å². The number of aromatic hydroxyl groups is 1. The molecule has 20 heavy (non-hydrogen) atoms. The number of nitrogens with zero attached hydrogens (tertiary/aromatic N) is 1. The Kier molecular flexibility index (Phi) is 4.45. The normalized spacial score (nSPS) is 11.4. The summed E-state index contributed by atoms with van der Waals surface area (Å²) in [5, 5.41) is 11.1. The number of hydrogen-bond acceptors (Lipinski definition) is 3. The van der Waals surface area contributed by atoms with Gasteiger partial charge in [0.2, 0.25) is 0 Å². The van der Waals surface area contributed by atoms with E-state index in [-0.39, 0.29) is 11.3 Å². The van der Waals surface area contributed by atoms with E-state index in [2.05, 4.69) is 16.8 Å². The summed E-state index contributed by atoms with van der Waals surface area (Å²) in [5.74, 6) is 0.107. The van der Waals surface area contributed by atoms with Crippen LogP contribution in [0.2, 0.25) is 0 Å². The second-order valence-electron chi connectivity index (χ2n) is 5.42. The van der Waals surface area contributed by atoms with Crippen LogP contribution in [0.1, 0.15) is 30.9 Å². The van der Waals surface area contributed by atoms with Gasteiger partial charge in [-0.3, -0.25) is 4.79 Å². The predicted octanol–water partition coefficient (Wildman–Crippen LogP) is 2.77. The number of aromatic amines is 1. The molecule has 2 rings (SSSR count). The lowest BCUT2D eigenvalue weighted by molar-refractivity contribution is 0.313. The fourth-order valence-corrected chi connectivity index (χ4v) is 2.35. The summed E-state index contributed by atoms with van der Waals surface area (Å²) in [4.78, 5) is 17.0. The van der Waals surface area contributed by atoms with Crippen LogP contribution in [0.3, 0.4) is 0 Å². The van der Waals surface area contributed by atoms with Crippen molar-refractivity contribution in [1.29, 1.82) is 0 Å². The molecule has 0 saturated carbocycles. The molecule has 0 spiro atoms. The van der Waals surface area contributed by atoms with Crippen LogP contribution in [0.15, 0.2) is 23.0 Å². The highest BCUT2D eigenvalue weighted by atomic mass is 16.3. The van der Waals surface area contributed by atoms with Gasteiger partial charge in [0.15, 0.2) is 0 Å². The maximum absolute atomic E-state index is 12.1. The molecule has 0 radical (unpaired) electrons. The topological polar surface area (TPSA) is 56.3 Å². The van der Waals surface area contributed by atoms with Crippen molar-refractivity contribution in [1.82, 2.24) is 9.88 Å². The van der Waals surface area contributed by atoms with E-state index in [0.29, 0.717) is 23.0 Å². The van der Waals surface area contributed by atoms with Crippen LogP contribution >= 0.6 is 0 Å². The molecule has 0 atom stereocenters. The predicted molar refractivity (Wildman–Crippen MR) is 82.2 cm³/mol. The van der Waals surface area contributed by atoms with Gasteiger partial charge >= 0.3 is 0 Å². The molecule has 4 heteroatoms. The SMILES string of the molecule is CCCCN(C)Cc1c(O)c2cc(C)ccc2[nH]c1=O. The molecule has 0 unspecified atom stereocenters. The van der Waals surface area contributed by atoms with Crippen molar-refractivity contribution in [3.05, 3.63) is 39.7 Å². The number of nitrogens with one attached hydrogen (secondary N) is 1. The number of H-pyrrole nitrogens is 1. The number of fused-ring (bicyclic) bond motifs is 1. The van der Waals surface area contributed by atoms with E-state index in [9.17, 15) is 9.90 Å². The maximum atomic E-state index is 12.1. The van der Waals surface area contributed by atoms with Crippen molar-refractivity contribution < 1.29 is 5.11 Å². The lowest BCUT2D eigenvalue weighted by Gasteiger charge is -2.17. The molecule has 1 aromatic carbocycles. The highest BCUT2D eigenvalue weighted by molar-refractivity contribution is 5.86. The Balaban J connectivity index is 2.40. The molecule has 0 bridgehead atoms. The van der Waals surface area contributed by atoms with Crippen LogP contribution in [0.5, 0.6) is 5.75 Å². The minimum atomic E-state index is -0.206. The van der Waals surface area contributed by atoms with E-state index in [1.54, 1.807) is 0 Å². The summed E-state index contributed by atoms with van der Waals surface area (Å²) in [6.45, 7) is 5.49. The highest BCUT2D eigenvalue weighted by Gasteiger charge is 2.13. The van der Waals surface area contributed by atoms with Gasteiger partial charge < -0.3 is 15.0 Å². The standard InChI is InChI=1S/C16H22N2O2/c1-4-5-8-18(3)10-13-15(19)12-9-11(2)6-7-14(12)17-16(13)20/h6-7,9H,4-5,8,10H2,1-3H3,(H2,17,19,20). The molecule has 0 fully saturated rings. The second-order valence-corrected chi connectivity index (χ2v) is 5.42. The molecule has 2 aromatic rings. The molecule has 2 N–H and O–H groups in total. The number of pyridine rings is 1. The van der Waals surface area contributed by atoms with Gasteiger partial charge in [0.25, 0.3) is 5.56 Å². The summed E-state index contributed by atoms with van der Waals surface area (Å²) in [7, 11) is 1.97. The molecule has 0 amide bonds. The van der Waals surface area contributed by atoms with E-state index in [0.717, 1.165) is 24.9 Å². The fraction of sp³-hybridized carbons (Fsp3) is 0.438. The summed E-state index contributed by atoms with van der Waals surface area (Å²) in [6, 6.07) is 5.65. The van der Waals surface area contributed by atoms with Crippen LogP contribution in [0.25, 0.3) is 10.9 Å². The molecule has 4 nitrogen and oxygen atoms in total. The molecule has 0 aliphatic heterocycles. The lowest BCUT2D eigenvalue weighted by atomic mass is 10.1. The Hall–Kier alpha value is -1.81. The third kappa shape index (κ3) is 3.02. The van der Waals surface area contributed by atoms with E-state index < -0.39 is 0 Å². The Morgan fingerprint density at radius 3 is 2.80 bits per heavy atom. The van der Waals surface area contributed by atoms with Crippen molar-refractivity contribution in [3.8, 4) is 5.75 Å². The van der Waals surface area contributed by atoms with Gasteiger partial charge in [-0.1, -0.05) is 25.0 Å². The van der Waals surface area contributed by atoms with Crippen molar-refractivity contribution in [2.24, 2.45) is 0 Å². The monoisotopic (exact) mass is 274 g/mol. The quantitative estimate of drug-likeness (QED) is 0.881. The third-order valence-electron chi connectivity index (χ3n) is 3.56. The zero-order valence-corrected chi connectivity index (χ0v) is 12.4. The van der Waals surface area contributed by atoms with Crippen LogP contribution in [-0.4, -0.2) is 28.6 Å². The second kappa shape index (κ2) is 6.09. The summed E-state index contributed by atoms with van der Waals surface area (Å²) < 4.78 is 0. The third-order valence-corrected chi connectivity index (χ3v) is 3.56. The largest absolute Gasteiger partial charge is 0.507 e. The molecule has 1 aromatic heterocycles. The summed E-state index contributed by atoms with van der Waals surface area (Å²) >= 11 is 0. The number of aromatic nitrogens is 1. The Bertz CT molecular complexity index is 661. The van der Waals surface area contributed by atoms with E-state index in [4.69, 9.17) is 0 Å². The molecule has 0 aliphatic carbocycles. The van der Waals surface area contributed by atoms with E-state index >= 15 is 0 Å². The first-order valence-corrected chi connectivity index (χ1v) is 7.06.